The van der Waals surface area contributed by atoms with E-state index in [-0.39, 0.29) is 6.61 Å². The fraction of sp³-hybridized carbons (Fsp3) is 0.231. The highest BCUT2D eigenvalue weighted by Crippen LogP contribution is 2.23. The van der Waals surface area contributed by atoms with Crippen LogP contribution in [0.15, 0.2) is 35.9 Å². The van der Waals surface area contributed by atoms with Gasteiger partial charge in [-0.15, -0.1) is 0 Å². The molecule has 0 bridgehead atoms. The molecule has 0 spiro atoms. The van der Waals surface area contributed by atoms with Crippen LogP contribution in [-0.4, -0.2) is 24.5 Å². The smallest absolute Gasteiger partial charge is 0.455 e. The van der Waals surface area contributed by atoms with Crippen LogP contribution in [0.4, 0.5) is 13.2 Å². The lowest BCUT2D eigenvalue weighted by molar-refractivity contribution is -0.168. The monoisotopic (exact) mass is 272 g/mol. The van der Waals surface area contributed by atoms with Crippen molar-refractivity contribution in [1.82, 2.24) is 0 Å². The van der Waals surface area contributed by atoms with E-state index in [1.807, 2.05) is 0 Å². The summed E-state index contributed by atoms with van der Waals surface area (Å²) in [7, 11) is 0. The van der Waals surface area contributed by atoms with Gasteiger partial charge in [-0.25, -0.2) is 4.79 Å². The van der Waals surface area contributed by atoms with Gasteiger partial charge in [0.05, 0.1) is 6.61 Å². The second-order valence-electron chi connectivity index (χ2n) is 3.52. The lowest BCUT2D eigenvalue weighted by Gasteiger charge is -2.08. The molecule has 0 fully saturated rings. The Morgan fingerprint density at radius 2 is 1.79 bits per heavy atom. The van der Waals surface area contributed by atoms with Gasteiger partial charge in [-0.1, -0.05) is 30.3 Å². The van der Waals surface area contributed by atoms with Crippen molar-refractivity contribution in [2.75, 3.05) is 6.61 Å². The summed E-state index contributed by atoms with van der Waals surface area (Å²) in [5, 5.41) is 0. The van der Waals surface area contributed by atoms with Crippen LogP contribution in [0.5, 0.6) is 0 Å². The zero-order valence-electron chi connectivity index (χ0n) is 10.0. The van der Waals surface area contributed by atoms with Gasteiger partial charge in [0.25, 0.3) is 5.78 Å². The molecule has 0 unspecified atom stereocenters. The molecule has 0 N–H and O–H groups in total. The number of ketones is 1. The molecule has 0 heterocycles. The van der Waals surface area contributed by atoms with Gasteiger partial charge in [0.1, 0.15) is 5.57 Å². The largest absolute Gasteiger partial charge is 0.462 e. The van der Waals surface area contributed by atoms with E-state index < -0.39 is 23.5 Å². The molecule has 1 rings (SSSR count). The van der Waals surface area contributed by atoms with E-state index in [0.717, 1.165) is 6.08 Å². The molecule has 0 saturated carbocycles. The van der Waals surface area contributed by atoms with Crippen LogP contribution in [0.25, 0.3) is 6.08 Å². The normalized spacial score (nSPS) is 12.1. The number of benzene rings is 1. The molecule has 1 aromatic carbocycles. The van der Waals surface area contributed by atoms with Crippen molar-refractivity contribution in [3.8, 4) is 0 Å². The van der Waals surface area contributed by atoms with Gasteiger partial charge in [-0.3, -0.25) is 4.79 Å². The highest BCUT2D eigenvalue weighted by molar-refractivity contribution is 6.22. The van der Waals surface area contributed by atoms with Crippen LogP contribution in [0.2, 0.25) is 0 Å². The Morgan fingerprint density at radius 3 is 2.26 bits per heavy atom. The van der Waals surface area contributed by atoms with Crippen molar-refractivity contribution in [3.05, 3.63) is 41.5 Å². The maximum Gasteiger partial charge on any atom is 0.455 e. The molecule has 19 heavy (non-hydrogen) atoms. The first kappa shape index (κ1) is 14.9. The number of rotatable bonds is 4. The van der Waals surface area contributed by atoms with Crippen molar-refractivity contribution < 1.29 is 27.5 Å². The van der Waals surface area contributed by atoms with E-state index in [4.69, 9.17) is 0 Å². The Labute approximate surface area is 107 Å². The molecule has 0 saturated heterocycles. The summed E-state index contributed by atoms with van der Waals surface area (Å²) in [5.74, 6) is -3.50. The quantitative estimate of drug-likeness (QED) is 0.366. The Bertz CT molecular complexity index is 490. The summed E-state index contributed by atoms with van der Waals surface area (Å²) in [6.07, 6.45) is -4.25. The number of halogens is 3. The van der Waals surface area contributed by atoms with Crippen molar-refractivity contribution >= 4 is 17.8 Å². The predicted octanol–water partition coefficient (Wildman–Crippen LogP) is 2.76. The molecule has 1 aromatic rings. The van der Waals surface area contributed by atoms with Crippen LogP contribution >= 0.6 is 0 Å². The van der Waals surface area contributed by atoms with Gasteiger partial charge < -0.3 is 4.74 Å². The van der Waals surface area contributed by atoms with Crippen molar-refractivity contribution in [2.24, 2.45) is 0 Å². The third-order valence-corrected chi connectivity index (χ3v) is 2.11. The molecule has 3 nitrogen and oxygen atoms in total. The molecular weight excluding hydrogens is 261 g/mol. The van der Waals surface area contributed by atoms with Crippen LogP contribution in [0.3, 0.4) is 0 Å². The first-order chi connectivity index (χ1) is 8.86. The Kier molecular flexibility index (Phi) is 4.86. The summed E-state index contributed by atoms with van der Waals surface area (Å²) in [6.45, 7) is 1.33. The molecule has 0 aliphatic rings. The topological polar surface area (TPSA) is 43.4 Å². The number of carbonyl (C=O) groups is 2. The van der Waals surface area contributed by atoms with Crippen molar-refractivity contribution in [1.29, 1.82) is 0 Å². The number of hydrogen-bond donors (Lipinski definition) is 0. The van der Waals surface area contributed by atoms with E-state index >= 15 is 0 Å². The molecular formula is C13H11F3O3. The van der Waals surface area contributed by atoms with Gasteiger partial charge in [0.15, 0.2) is 0 Å². The average molecular weight is 272 g/mol. The third-order valence-electron chi connectivity index (χ3n) is 2.11. The fourth-order valence-corrected chi connectivity index (χ4v) is 1.29. The van der Waals surface area contributed by atoms with Gasteiger partial charge in [-0.05, 0) is 18.6 Å². The first-order valence-corrected chi connectivity index (χ1v) is 5.41. The minimum Gasteiger partial charge on any atom is -0.462 e. The Hall–Kier alpha value is -2.11. The van der Waals surface area contributed by atoms with E-state index in [9.17, 15) is 22.8 Å². The molecule has 0 aromatic heterocycles. The van der Waals surface area contributed by atoms with Gasteiger partial charge in [-0.2, -0.15) is 13.2 Å². The molecule has 0 aliphatic heterocycles. The highest BCUT2D eigenvalue weighted by Gasteiger charge is 2.43. The summed E-state index contributed by atoms with van der Waals surface area (Å²) in [6, 6.07) is 7.76. The highest BCUT2D eigenvalue weighted by atomic mass is 19.4. The van der Waals surface area contributed by atoms with E-state index in [1.54, 1.807) is 18.2 Å². The lowest BCUT2D eigenvalue weighted by atomic mass is 10.1. The average Bonchev–Trinajstić information content (AvgIpc) is 2.35. The van der Waals surface area contributed by atoms with Crippen LogP contribution in [-0.2, 0) is 14.3 Å². The zero-order valence-corrected chi connectivity index (χ0v) is 10.0. The lowest BCUT2D eigenvalue weighted by Crippen LogP contribution is -2.29. The molecule has 0 aliphatic carbocycles. The molecule has 102 valence electrons. The second kappa shape index (κ2) is 6.17. The second-order valence-corrected chi connectivity index (χ2v) is 3.52. The maximum atomic E-state index is 12.4. The summed E-state index contributed by atoms with van der Waals surface area (Å²) >= 11 is 0. The SMILES string of the molecule is CCOC(=O)/C(=C/c1ccccc1)C(=O)C(F)(F)F. The number of Topliss-reactive ketones (excluding diaryl/α,β-unsaturated/α-hetero) is 1. The number of ether oxygens (including phenoxy) is 1. The third kappa shape index (κ3) is 4.24. The first-order valence-electron chi connectivity index (χ1n) is 5.41. The fourth-order valence-electron chi connectivity index (χ4n) is 1.29. The van der Waals surface area contributed by atoms with Crippen molar-refractivity contribution in [3.63, 3.8) is 0 Å². The summed E-state index contributed by atoms with van der Waals surface area (Å²) in [5.41, 5.74) is -0.719. The van der Waals surface area contributed by atoms with Crippen LogP contribution in [0.1, 0.15) is 12.5 Å². The number of carbonyl (C=O) groups excluding carboxylic acids is 2. The zero-order chi connectivity index (χ0) is 14.5. The summed E-state index contributed by atoms with van der Waals surface area (Å²) in [4.78, 5) is 22.6. The molecule has 0 atom stereocenters. The number of alkyl halides is 3. The molecule has 0 amide bonds. The summed E-state index contributed by atoms with van der Waals surface area (Å²) < 4.78 is 41.7. The number of hydrogen-bond acceptors (Lipinski definition) is 3. The van der Waals surface area contributed by atoms with Gasteiger partial charge in [0, 0.05) is 0 Å². The Balaban J connectivity index is 3.17. The standard InChI is InChI=1S/C13H11F3O3/c1-2-19-12(18)10(11(17)13(14,15)16)8-9-6-4-3-5-7-9/h3-8H,2H2,1H3/b10-8+. The van der Waals surface area contributed by atoms with Gasteiger partial charge >= 0.3 is 12.1 Å². The van der Waals surface area contributed by atoms with Crippen LogP contribution < -0.4 is 0 Å². The van der Waals surface area contributed by atoms with E-state index in [2.05, 4.69) is 4.74 Å². The molecule has 6 heteroatoms. The minimum absolute atomic E-state index is 0.115. The molecule has 0 radical (unpaired) electrons. The van der Waals surface area contributed by atoms with Crippen molar-refractivity contribution in [2.45, 2.75) is 13.1 Å². The van der Waals surface area contributed by atoms with E-state index in [1.165, 1.54) is 19.1 Å². The number of esters is 1. The van der Waals surface area contributed by atoms with Crippen LogP contribution in [0, 0.1) is 0 Å². The Morgan fingerprint density at radius 1 is 1.21 bits per heavy atom. The van der Waals surface area contributed by atoms with Gasteiger partial charge in [0.2, 0.25) is 0 Å². The predicted molar refractivity (Wildman–Crippen MR) is 62.1 cm³/mol. The maximum absolute atomic E-state index is 12.4. The van der Waals surface area contributed by atoms with E-state index in [0.29, 0.717) is 5.56 Å². The minimum atomic E-state index is -5.12.